The average molecular weight is 1950 g/mol. The van der Waals surface area contributed by atoms with Crippen LogP contribution in [0.4, 0.5) is 26.3 Å². The Balaban J connectivity index is -0.00000140. The van der Waals surface area contributed by atoms with Crippen molar-refractivity contribution in [3.63, 3.8) is 0 Å². The van der Waals surface area contributed by atoms with E-state index in [1.807, 2.05) is 31.5 Å². The molecule has 0 saturated heterocycles. The van der Waals surface area contributed by atoms with Gasteiger partial charge in [0.05, 0.1) is 50.7 Å². The van der Waals surface area contributed by atoms with E-state index in [0.717, 1.165) is 90.8 Å². The van der Waals surface area contributed by atoms with Crippen LogP contribution in [0.5, 0.6) is 0 Å². The summed E-state index contributed by atoms with van der Waals surface area (Å²) in [5.74, 6) is 9.06. The van der Waals surface area contributed by atoms with Crippen molar-refractivity contribution in [2.45, 2.75) is 113 Å². The van der Waals surface area contributed by atoms with Crippen LogP contribution in [0.2, 0.25) is 0 Å². The van der Waals surface area contributed by atoms with Crippen molar-refractivity contribution in [1.82, 2.24) is 59.0 Å². The van der Waals surface area contributed by atoms with Crippen LogP contribution in [-0.2, 0) is 120 Å². The van der Waals surface area contributed by atoms with E-state index in [-0.39, 0.29) is 112 Å². The van der Waals surface area contributed by atoms with Crippen molar-refractivity contribution in [3.05, 3.63) is 193 Å². The van der Waals surface area contributed by atoms with Crippen molar-refractivity contribution >= 4 is 106 Å². The number of esters is 3. The van der Waals surface area contributed by atoms with E-state index < -0.39 is 106 Å². The largest absolute Gasteiger partial charge is 0.469 e. The smallest absolute Gasteiger partial charge is 0.305 e. The fourth-order valence-corrected chi connectivity index (χ4v) is 14.4. The number of hydrogen-bond donors (Lipinski definition) is 12. The van der Waals surface area contributed by atoms with E-state index in [4.69, 9.17) is 31.7 Å². The van der Waals surface area contributed by atoms with Crippen molar-refractivity contribution in [3.8, 4) is 0 Å². The zero-order chi connectivity index (χ0) is 97.4. The first-order valence-corrected chi connectivity index (χ1v) is 46.7. The lowest BCUT2D eigenvalue weighted by molar-refractivity contribution is -0.179. The summed E-state index contributed by atoms with van der Waals surface area (Å²) < 4.78 is 251. The average Bonchev–Trinajstić information content (AvgIpc) is 1.52. The molecule has 53 heteroatoms. The zero-order valence-electron chi connectivity index (χ0n) is 71.5. The van der Waals surface area contributed by atoms with Gasteiger partial charge in [-0.3, -0.25) is 46.0 Å². The van der Waals surface area contributed by atoms with E-state index >= 15 is 0 Å². The van der Waals surface area contributed by atoms with Gasteiger partial charge >= 0.3 is 17.9 Å². The van der Waals surface area contributed by atoms with Crippen LogP contribution in [0.25, 0.3) is 0 Å². The molecule has 0 spiro atoms. The summed E-state index contributed by atoms with van der Waals surface area (Å²) in [6, 6.07) is 27.0. The molecule has 0 aliphatic carbocycles. The molecule has 7 aromatic rings. The first-order valence-electron chi connectivity index (χ1n) is 37.0. The molecule has 127 heavy (non-hydrogen) atoms. The first-order chi connectivity index (χ1) is 59.7. The summed E-state index contributed by atoms with van der Waals surface area (Å²) in [6.07, 6.45) is 7.08. The maximum Gasteiger partial charge on any atom is 0.305 e. The van der Waals surface area contributed by atoms with Crippen LogP contribution in [0.3, 0.4) is 0 Å². The van der Waals surface area contributed by atoms with Gasteiger partial charge in [0.2, 0.25) is 68.3 Å². The molecule has 716 valence electrons. The Labute approximate surface area is 741 Å². The number of aryl methyl sites for hydroxylation is 2. The Morgan fingerprint density at radius 1 is 0.441 bits per heavy atom. The summed E-state index contributed by atoms with van der Waals surface area (Å²) >= 11 is 0. The number of nitrogens with one attached hydrogen (secondary N) is 7. The molecule has 6 aromatic carbocycles. The molecule has 40 nitrogen and oxygen atoms in total. The fourth-order valence-electron chi connectivity index (χ4n) is 8.27. The zero-order valence-corrected chi connectivity index (χ0v) is 77.1. The molecule has 0 fully saturated rings. The standard InChI is InChI=1S/C13H19FN4O3S.C12H15FN4O2S.2C11H14FNO4S.C10H14FN3O3S.C6H4ClFO2S.C5H13NO2.C5H11NO2.CH5N.H4N2/c1-18(2)10-15-17-13(19)4-3-9-16-22(20,21)12-7-5-11(14)6-8-12;1-17-9-14-16-12(17)3-2-8-15-20(18,19)11-6-4-10(13)5-7-11;2*1-17-11(14)3-2-8-13-18(15,16)10-6-4-9(12)5-7-10;11-8-3-5-9(6-4-8)18(16,17)13-7-1-2-10(15)14-12;7-11(9,10)6-3-1-5(8)2-4-6;1-6(2)5(7-3)8-4;1-8-5(7)3-2-4-6;2*1-2/h5-8,10,16H,3-4,9H2,1-2H3,(H,17,19);4-7,9,15H,2-3,8H2,1H3;2*4-7,13H,2-3,8H2,1H3;3-6,13H,1-2,7,12H2,(H,14,15);1-4H;5H,1-4H3;2-4,6H2,1H3;2H2,1H3;1-2H2/b15-10+;;;;;;;;;. The van der Waals surface area contributed by atoms with Crippen LogP contribution in [-0.4, -0.2) is 228 Å². The minimum absolute atomic E-state index is 0.0121. The molecule has 1 aromatic heterocycles. The van der Waals surface area contributed by atoms with Crippen molar-refractivity contribution in [2.75, 3.05) is 110 Å². The summed E-state index contributed by atoms with van der Waals surface area (Å²) in [6.45, 7) is 1.28. The highest BCUT2D eigenvalue weighted by atomic mass is 35.7. The predicted molar refractivity (Wildman–Crippen MR) is 461 cm³/mol. The van der Waals surface area contributed by atoms with Crippen LogP contribution in [0.15, 0.2) is 186 Å². The Bertz CT molecular complexity index is 4800. The Morgan fingerprint density at radius 2 is 0.701 bits per heavy atom. The number of hydrazine groups is 2. The van der Waals surface area contributed by atoms with Gasteiger partial charge < -0.3 is 44.6 Å². The number of halogens is 7. The molecule has 17 N–H and O–H groups in total. The summed E-state index contributed by atoms with van der Waals surface area (Å²) in [7, 11) is 0.763. The van der Waals surface area contributed by atoms with E-state index in [9.17, 15) is 101 Å². The predicted octanol–water partition coefficient (Wildman–Crippen LogP) is 3.53. The van der Waals surface area contributed by atoms with Gasteiger partial charge in [-0.15, -0.1) is 10.2 Å². The molecular formula is C74H113ClF6N18O22S6. The summed E-state index contributed by atoms with van der Waals surface area (Å²) in [5.41, 5.74) is 13.9. The summed E-state index contributed by atoms with van der Waals surface area (Å²) in [5, 5.41) is 11.3. The number of rotatable bonds is 39. The molecule has 0 unspecified atom stereocenters. The lowest BCUT2D eigenvalue weighted by Crippen LogP contribution is -2.31. The highest BCUT2D eigenvalue weighted by molar-refractivity contribution is 8.13. The highest BCUT2D eigenvalue weighted by Gasteiger charge is 2.19. The SMILES string of the molecule is CN.CN(C)/C=N/NC(=O)CCCNS(=O)(=O)c1ccc(F)cc1.COC(=O)CCCN.COC(=O)CCCNS(=O)(=O)c1ccc(F)cc1.COC(=O)CCCNS(=O)(=O)c1ccc(F)cc1.COC(OC)N(C)C.Cn1cnnc1CCCNS(=O)(=O)c1ccc(F)cc1.NN.NNC(=O)CCCNS(=O)(=O)c1ccc(F)cc1.O=S(=O)(Cl)c1ccc(F)cc1. The van der Waals surface area contributed by atoms with Crippen LogP contribution < -0.4 is 63.5 Å². The lowest BCUT2D eigenvalue weighted by Gasteiger charge is -2.19. The van der Waals surface area contributed by atoms with Gasteiger partial charge in [0, 0.05) is 117 Å². The number of nitrogens with two attached hydrogens (primary N) is 5. The third-order valence-electron chi connectivity index (χ3n) is 14.6. The normalized spacial score (nSPS) is 11.0. The van der Waals surface area contributed by atoms with Gasteiger partial charge in [-0.05, 0) is 212 Å². The number of nitrogens with zero attached hydrogens (tertiary/aromatic N) is 6. The van der Waals surface area contributed by atoms with Crippen molar-refractivity contribution in [1.29, 1.82) is 0 Å². The van der Waals surface area contributed by atoms with Gasteiger partial charge in [0.25, 0.3) is 9.05 Å². The highest BCUT2D eigenvalue weighted by Crippen LogP contribution is 2.17. The number of sulfonamides is 5. The van der Waals surface area contributed by atoms with Gasteiger partial charge in [-0.1, -0.05) is 0 Å². The van der Waals surface area contributed by atoms with Gasteiger partial charge in [-0.2, -0.15) is 5.10 Å². The summed E-state index contributed by atoms with van der Waals surface area (Å²) in [4.78, 5) is 57.5. The molecule has 0 saturated carbocycles. The maximum absolute atomic E-state index is 12.7. The Morgan fingerprint density at radius 3 is 0.921 bits per heavy atom. The minimum atomic E-state index is -3.71. The fraction of sp³-hybridized carbons (Fsp3) is 0.405. The number of hydrazone groups is 1. The molecule has 0 bridgehead atoms. The number of benzene rings is 6. The third kappa shape index (κ3) is 57.7. The number of ether oxygens (including phenoxy) is 5. The quantitative estimate of drug-likeness (QED) is 0.00224. The molecule has 0 radical (unpaired) electrons. The number of aromatic nitrogens is 3. The van der Waals surface area contributed by atoms with Gasteiger partial charge in [0.15, 0.2) is 0 Å². The van der Waals surface area contributed by atoms with Crippen LogP contribution in [0, 0.1) is 34.9 Å². The monoisotopic (exact) mass is 1950 g/mol. The molecule has 2 amide bonds. The Kier molecular flexibility index (Phi) is 64.6. The molecule has 0 aliphatic heterocycles. The van der Waals surface area contributed by atoms with Crippen molar-refractivity contribution < 1.29 is 125 Å². The first kappa shape index (κ1) is 121. The maximum atomic E-state index is 12.7. The van der Waals surface area contributed by atoms with E-state index in [0.29, 0.717) is 57.9 Å². The van der Waals surface area contributed by atoms with Crippen LogP contribution in [0.1, 0.15) is 76.5 Å². The Hall–Kier alpha value is -9.67. The van der Waals surface area contributed by atoms with E-state index in [1.165, 1.54) is 95.4 Å². The molecule has 0 atom stereocenters. The van der Waals surface area contributed by atoms with Crippen LogP contribution >= 0.6 is 10.7 Å². The lowest BCUT2D eigenvalue weighted by atomic mass is 10.3. The topological polar surface area (TPSA) is 600 Å². The number of hydrogen-bond acceptors (Lipinski definition) is 31. The van der Waals surface area contributed by atoms with E-state index in [1.54, 1.807) is 44.1 Å². The van der Waals surface area contributed by atoms with E-state index in [2.05, 4.69) is 76.0 Å². The molecule has 0 aliphatic rings. The number of amides is 2. The molecular weight excluding hydrogens is 1830 g/mol. The second-order valence-corrected chi connectivity index (χ2v) is 36.1. The van der Waals surface area contributed by atoms with Gasteiger partial charge in [-0.25, -0.2) is 112 Å². The number of carbonyl (C=O) groups excluding carboxylic acids is 5. The third-order valence-corrected chi connectivity index (χ3v) is 23.3. The van der Waals surface area contributed by atoms with Crippen molar-refractivity contribution in [2.24, 2.45) is 41.1 Å². The number of carbonyl (C=O) groups is 5. The second kappa shape index (κ2) is 67.6. The molecule has 7 rings (SSSR count). The second-order valence-electron chi connectivity index (χ2n) is 24.7. The molecule has 1 heterocycles. The number of methoxy groups -OCH3 is 5. The minimum Gasteiger partial charge on any atom is -0.469 e. The van der Waals surface area contributed by atoms with Gasteiger partial charge in [0.1, 0.15) is 53.4 Å².